The maximum absolute atomic E-state index is 11.8. The van der Waals surface area contributed by atoms with Crippen molar-refractivity contribution in [3.63, 3.8) is 0 Å². The van der Waals surface area contributed by atoms with Crippen molar-refractivity contribution in [3.05, 3.63) is 39.9 Å². The number of hydrogen-bond donors (Lipinski definition) is 1. The van der Waals surface area contributed by atoms with Crippen molar-refractivity contribution in [2.75, 3.05) is 0 Å². The van der Waals surface area contributed by atoms with Crippen LogP contribution in [0.15, 0.2) is 24.3 Å². The van der Waals surface area contributed by atoms with Gasteiger partial charge in [0.1, 0.15) is 6.04 Å². The van der Waals surface area contributed by atoms with Crippen molar-refractivity contribution < 1.29 is 9.72 Å². The summed E-state index contributed by atoms with van der Waals surface area (Å²) in [4.78, 5) is 21.7. The van der Waals surface area contributed by atoms with Crippen LogP contribution in [0.1, 0.15) is 24.2 Å². The van der Waals surface area contributed by atoms with Gasteiger partial charge < -0.3 is 5.32 Å². The highest BCUT2D eigenvalue weighted by Crippen LogP contribution is 2.12. The molecular weight excluding hydrogens is 234 g/mol. The van der Waals surface area contributed by atoms with Crippen LogP contribution in [0.4, 0.5) is 5.69 Å². The van der Waals surface area contributed by atoms with Crippen LogP contribution in [-0.2, 0) is 0 Å². The minimum Gasteiger partial charge on any atom is -0.336 e. The molecule has 0 aromatic heterocycles. The summed E-state index contributed by atoms with van der Waals surface area (Å²) in [5, 5.41) is 21.9. The first-order chi connectivity index (χ1) is 8.45. The molecule has 0 aliphatic heterocycles. The monoisotopic (exact) mass is 247 g/mol. The fourth-order valence-electron chi connectivity index (χ4n) is 1.31. The van der Waals surface area contributed by atoms with Crippen LogP contribution in [0.2, 0.25) is 0 Å². The van der Waals surface area contributed by atoms with E-state index in [9.17, 15) is 14.9 Å². The third-order valence-corrected chi connectivity index (χ3v) is 2.43. The van der Waals surface area contributed by atoms with Gasteiger partial charge in [-0.05, 0) is 18.1 Å². The first kappa shape index (κ1) is 13.6. The van der Waals surface area contributed by atoms with Crippen molar-refractivity contribution in [1.82, 2.24) is 5.32 Å². The number of carbonyl (C=O) groups excluding carboxylic acids is 1. The fourth-order valence-corrected chi connectivity index (χ4v) is 1.31. The number of benzene rings is 1. The molecule has 18 heavy (non-hydrogen) atoms. The standard InChI is InChI=1S/C12H13N3O3/c1-8(2)11(7-13)14-12(16)9-3-5-10(6-4-9)15(17)18/h3-6,8,11H,1-2H3,(H,14,16). The fraction of sp³-hybridized carbons (Fsp3) is 0.333. The quantitative estimate of drug-likeness (QED) is 0.648. The van der Waals surface area contributed by atoms with Gasteiger partial charge in [0.2, 0.25) is 0 Å². The molecule has 0 aliphatic carbocycles. The normalized spacial score (nSPS) is 11.7. The SMILES string of the molecule is CC(C)C(C#N)NC(=O)c1ccc([N+](=O)[O-])cc1. The molecule has 1 amide bonds. The van der Waals surface area contributed by atoms with E-state index in [0.29, 0.717) is 5.56 Å². The second-order valence-electron chi connectivity index (χ2n) is 4.13. The Balaban J connectivity index is 2.79. The number of nitrogens with zero attached hydrogens (tertiary/aromatic N) is 2. The predicted molar refractivity (Wildman–Crippen MR) is 64.8 cm³/mol. The summed E-state index contributed by atoms with van der Waals surface area (Å²) in [7, 11) is 0. The average Bonchev–Trinajstić information content (AvgIpc) is 2.35. The summed E-state index contributed by atoms with van der Waals surface area (Å²) in [6.45, 7) is 3.65. The largest absolute Gasteiger partial charge is 0.336 e. The van der Waals surface area contributed by atoms with Crippen molar-refractivity contribution in [2.24, 2.45) is 5.92 Å². The zero-order chi connectivity index (χ0) is 13.7. The lowest BCUT2D eigenvalue weighted by Crippen LogP contribution is -2.37. The maximum Gasteiger partial charge on any atom is 0.269 e. The molecule has 1 atom stereocenters. The average molecular weight is 247 g/mol. The number of non-ortho nitro benzene ring substituents is 1. The van der Waals surface area contributed by atoms with E-state index >= 15 is 0 Å². The zero-order valence-electron chi connectivity index (χ0n) is 10.1. The first-order valence-corrected chi connectivity index (χ1v) is 5.40. The Morgan fingerprint density at radius 2 is 1.94 bits per heavy atom. The number of rotatable bonds is 4. The molecule has 6 nitrogen and oxygen atoms in total. The highest BCUT2D eigenvalue weighted by atomic mass is 16.6. The Hall–Kier alpha value is -2.42. The van der Waals surface area contributed by atoms with E-state index in [1.807, 2.05) is 19.9 Å². The predicted octanol–water partition coefficient (Wildman–Crippen LogP) is 1.87. The lowest BCUT2D eigenvalue weighted by Gasteiger charge is -2.14. The Labute approximate surface area is 104 Å². The van der Waals surface area contributed by atoms with Gasteiger partial charge in [-0.1, -0.05) is 13.8 Å². The van der Waals surface area contributed by atoms with Crippen LogP contribution >= 0.6 is 0 Å². The highest BCUT2D eigenvalue weighted by molar-refractivity contribution is 5.94. The van der Waals surface area contributed by atoms with Crippen LogP contribution in [0.25, 0.3) is 0 Å². The van der Waals surface area contributed by atoms with Crippen molar-refractivity contribution in [2.45, 2.75) is 19.9 Å². The summed E-state index contributed by atoms with van der Waals surface area (Å²) in [6.07, 6.45) is 0. The van der Waals surface area contributed by atoms with E-state index in [1.165, 1.54) is 24.3 Å². The highest BCUT2D eigenvalue weighted by Gasteiger charge is 2.16. The molecule has 1 N–H and O–H groups in total. The molecule has 0 saturated heterocycles. The Morgan fingerprint density at radius 3 is 2.33 bits per heavy atom. The lowest BCUT2D eigenvalue weighted by atomic mass is 10.1. The van der Waals surface area contributed by atoms with Crippen LogP contribution in [0, 0.1) is 27.4 Å². The first-order valence-electron chi connectivity index (χ1n) is 5.40. The number of amides is 1. The lowest BCUT2D eigenvalue weighted by molar-refractivity contribution is -0.384. The number of nitrogens with one attached hydrogen (secondary N) is 1. The molecule has 1 aromatic rings. The van der Waals surface area contributed by atoms with Crippen molar-refractivity contribution >= 4 is 11.6 Å². The number of hydrogen-bond acceptors (Lipinski definition) is 4. The Morgan fingerprint density at radius 1 is 1.39 bits per heavy atom. The van der Waals surface area contributed by atoms with E-state index in [-0.39, 0.29) is 11.6 Å². The second-order valence-corrected chi connectivity index (χ2v) is 4.13. The molecule has 0 saturated carbocycles. The van der Waals surface area contributed by atoms with Gasteiger partial charge in [-0.25, -0.2) is 0 Å². The molecule has 1 aromatic carbocycles. The topological polar surface area (TPSA) is 96.0 Å². The zero-order valence-corrected chi connectivity index (χ0v) is 10.1. The van der Waals surface area contributed by atoms with E-state index in [0.717, 1.165) is 0 Å². The Bertz CT molecular complexity index is 488. The molecule has 0 heterocycles. The summed E-state index contributed by atoms with van der Waals surface area (Å²) in [6, 6.07) is 6.65. The van der Waals surface area contributed by atoms with Crippen LogP contribution in [0.5, 0.6) is 0 Å². The van der Waals surface area contributed by atoms with Gasteiger partial charge in [0.15, 0.2) is 0 Å². The van der Waals surface area contributed by atoms with Gasteiger partial charge in [0, 0.05) is 17.7 Å². The Kier molecular flexibility index (Phi) is 4.38. The van der Waals surface area contributed by atoms with E-state index in [1.54, 1.807) is 0 Å². The van der Waals surface area contributed by atoms with Gasteiger partial charge in [-0.3, -0.25) is 14.9 Å². The molecule has 6 heteroatoms. The van der Waals surface area contributed by atoms with Gasteiger partial charge in [0.05, 0.1) is 11.0 Å². The van der Waals surface area contributed by atoms with Crippen molar-refractivity contribution in [3.8, 4) is 6.07 Å². The number of nitriles is 1. The number of carbonyl (C=O) groups is 1. The molecule has 1 rings (SSSR count). The van der Waals surface area contributed by atoms with Crippen molar-refractivity contribution in [1.29, 1.82) is 5.26 Å². The molecule has 0 radical (unpaired) electrons. The third-order valence-electron chi connectivity index (χ3n) is 2.43. The van der Waals surface area contributed by atoms with Gasteiger partial charge in [-0.15, -0.1) is 0 Å². The van der Waals surface area contributed by atoms with E-state index in [2.05, 4.69) is 5.32 Å². The van der Waals surface area contributed by atoms with Gasteiger partial charge in [0.25, 0.3) is 11.6 Å². The minimum atomic E-state index is -0.576. The molecule has 94 valence electrons. The number of nitro groups is 1. The van der Waals surface area contributed by atoms with Crippen LogP contribution < -0.4 is 5.32 Å². The van der Waals surface area contributed by atoms with E-state index < -0.39 is 16.9 Å². The molecule has 0 aliphatic rings. The van der Waals surface area contributed by atoms with Crippen LogP contribution in [0.3, 0.4) is 0 Å². The molecule has 0 spiro atoms. The second kappa shape index (κ2) is 5.77. The summed E-state index contributed by atoms with van der Waals surface area (Å²) in [5.41, 5.74) is 0.216. The van der Waals surface area contributed by atoms with E-state index in [4.69, 9.17) is 5.26 Å². The molecular formula is C12H13N3O3. The third kappa shape index (κ3) is 3.28. The molecule has 0 fully saturated rings. The minimum absolute atomic E-state index is 0.00278. The summed E-state index contributed by atoms with van der Waals surface area (Å²) < 4.78 is 0. The summed E-state index contributed by atoms with van der Waals surface area (Å²) in [5.74, 6) is -0.415. The number of nitro benzene ring substituents is 1. The summed E-state index contributed by atoms with van der Waals surface area (Å²) >= 11 is 0. The van der Waals surface area contributed by atoms with Gasteiger partial charge in [-0.2, -0.15) is 5.26 Å². The molecule has 0 bridgehead atoms. The molecule has 1 unspecified atom stereocenters. The van der Waals surface area contributed by atoms with Crippen LogP contribution in [-0.4, -0.2) is 16.9 Å². The van der Waals surface area contributed by atoms with Gasteiger partial charge >= 0.3 is 0 Å². The maximum atomic E-state index is 11.8. The smallest absolute Gasteiger partial charge is 0.269 e.